The minimum Gasteiger partial charge on any atom is -0.443 e. The topological polar surface area (TPSA) is 120 Å². The SMILES string of the molecule is NC[C@H]1CN(c2ccc(-n3ccc(-c4noc(CCO)n4)c3)c(F)c2)C(=O)O1. The molecule has 0 bridgehead atoms. The van der Waals surface area contributed by atoms with Crippen molar-refractivity contribution in [2.24, 2.45) is 5.73 Å². The van der Waals surface area contributed by atoms with Gasteiger partial charge in [-0.05, 0) is 24.3 Å². The lowest BCUT2D eigenvalue weighted by Crippen LogP contribution is -2.27. The third-order valence-corrected chi connectivity index (χ3v) is 4.40. The van der Waals surface area contributed by atoms with Gasteiger partial charge in [-0.3, -0.25) is 4.90 Å². The van der Waals surface area contributed by atoms with Crippen molar-refractivity contribution in [3.05, 3.63) is 48.4 Å². The van der Waals surface area contributed by atoms with Crippen molar-refractivity contribution >= 4 is 11.8 Å². The van der Waals surface area contributed by atoms with Crippen molar-refractivity contribution in [3.8, 4) is 17.1 Å². The van der Waals surface area contributed by atoms with E-state index >= 15 is 0 Å². The predicted octanol–water partition coefficient (Wildman–Crippen LogP) is 1.49. The lowest BCUT2D eigenvalue weighted by molar-refractivity contribution is 0.145. The molecular weight excluding hydrogens is 369 g/mol. The fourth-order valence-corrected chi connectivity index (χ4v) is 2.98. The molecule has 1 atom stereocenters. The van der Waals surface area contributed by atoms with Gasteiger partial charge in [0.1, 0.15) is 11.9 Å². The summed E-state index contributed by atoms with van der Waals surface area (Å²) in [5.74, 6) is 0.179. The lowest BCUT2D eigenvalue weighted by atomic mass is 10.2. The van der Waals surface area contributed by atoms with Gasteiger partial charge >= 0.3 is 6.09 Å². The van der Waals surface area contributed by atoms with Crippen LogP contribution in [0.1, 0.15) is 5.89 Å². The number of hydrogen-bond donors (Lipinski definition) is 2. The highest BCUT2D eigenvalue weighted by atomic mass is 19.1. The summed E-state index contributed by atoms with van der Waals surface area (Å²) in [5, 5.41) is 12.8. The van der Waals surface area contributed by atoms with Gasteiger partial charge in [0.15, 0.2) is 0 Å². The molecule has 0 unspecified atom stereocenters. The average Bonchev–Trinajstić information content (AvgIpc) is 3.41. The first-order valence-electron chi connectivity index (χ1n) is 8.69. The maximum Gasteiger partial charge on any atom is 0.414 e. The zero-order valence-corrected chi connectivity index (χ0v) is 14.8. The summed E-state index contributed by atoms with van der Waals surface area (Å²) in [6, 6.07) is 6.23. The normalized spacial score (nSPS) is 16.6. The molecule has 9 nitrogen and oxygen atoms in total. The standard InChI is InChI=1S/C18H18FN5O4/c19-14-7-12(24-10-13(8-20)27-18(24)26)1-2-15(14)23-5-3-11(9-23)17-21-16(4-6-25)28-22-17/h1-3,5,7,9,13,25H,4,6,8,10,20H2/t13-/m0/s1. The van der Waals surface area contributed by atoms with Gasteiger partial charge in [-0.15, -0.1) is 0 Å². The van der Waals surface area contributed by atoms with Crippen molar-refractivity contribution in [2.45, 2.75) is 12.5 Å². The quantitative estimate of drug-likeness (QED) is 0.657. The van der Waals surface area contributed by atoms with Crippen LogP contribution in [0.4, 0.5) is 14.9 Å². The third kappa shape index (κ3) is 3.35. The molecule has 4 rings (SSSR count). The number of carbonyl (C=O) groups is 1. The molecule has 3 heterocycles. The summed E-state index contributed by atoms with van der Waals surface area (Å²) in [4.78, 5) is 17.4. The van der Waals surface area contributed by atoms with Gasteiger partial charge in [0.25, 0.3) is 0 Å². The van der Waals surface area contributed by atoms with E-state index in [9.17, 15) is 9.18 Å². The number of aliphatic hydroxyl groups is 1. The van der Waals surface area contributed by atoms with Crippen molar-refractivity contribution in [3.63, 3.8) is 0 Å². The highest BCUT2D eigenvalue weighted by Gasteiger charge is 2.31. The number of rotatable bonds is 6. The van der Waals surface area contributed by atoms with E-state index in [1.54, 1.807) is 35.2 Å². The maximum atomic E-state index is 14.7. The van der Waals surface area contributed by atoms with Gasteiger partial charge in [0.2, 0.25) is 11.7 Å². The molecule has 3 aromatic rings. The van der Waals surface area contributed by atoms with Crippen molar-refractivity contribution < 1.29 is 23.6 Å². The molecule has 1 aliphatic heterocycles. The predicted molar refractivity (Wildman–Crippen MR) is 96.5 cm³/mol. The summed E-state index contributed by atoms with van der Waals surface area (Å²) in [6.45, 7) is 0.414. The number of halogens is 1. The number of ether oxygens (including phenoxy) is 1. The second-order valence-electron chi connectivity index (χ2n) is 6.28. The first-order valence-corrected chi connectivity index (χ1v) is 8.69. The molecule has 0 radical (unpaired) electrons. The number of cyclic esters (lactones) is 1. The molecule has 2 aromatic heterocycles. The van der Waals surface area contributed by atoms with Crippen LogP contribution in [0.3, 0.4) is 0 Å². The minimum absolute atomic E-state index is 0.0865. The third-order valence-electron chi connectivity index (χ3n) is 4.40. The van der Waals surface area contributed by atoms with Gasteiger partial charge in [-0.1, -0.05) is 5.16 Å². The molecule has 1 aromatic carbocycles. The molecule has 0 spiro atoms. The molecule has 1 saturated heterocycles. The van der Waals surface area contributed by atoms with Crippen LogP contribution in [0, 0.1) is 5.82 Å². The Bertz CT molecular complexity index is 1000. The zero-order valence-electron chi connectivity index (χ0n) is 14.8. The monoisotopic (exact) mass is 387 g/mol. The fourth-order valence-electron chi connectivity index (χ4n) is 2.98. The minimum atomic E-state index is -0.540. The zero-order chi connectivity index (χ0) is 19.7. The van der Waals surface area contributed by atoms with Crippen molar-refractivity contribution in [1.29, 1.82) is 0 Å². The average molecular weight is 387 g/mol. The first-order chi connectivity index (χ1) is 13.6. The van der Waals surface area contributed by atoms with E-state index in [0.717, 1.165) is 0 Å². The Hall–Kier alpha value is -3.24. The molecule has 1 fully saturated rings. The highest BCUT2D eigenvalue weighted by molar-refractivity contribution is 5.89. The Kier molecular flexibility index (Phi) is 4.80. The van der Waals surface area contributed by atoms with E-state index in [0.29, 0.717) is 28.7 Å². The number of amides is 1. The van der Waals surface area contributed by atoms with Crippen LogP contribution in [-0.4, -0.2) is 51.7 Å². The van der Waals surface area contributed by atoms with Gasteiger partial charge in [-0.25, -0.2) is 9.18 Å². The van der Waals surface area contributed by atoms with Crippen molar-refractivity contribution in [1.82, 2.24) is 14.7 Å². The van der Waals surface area contributed by atoms with Gasteiger partial charge < -0.3 is 24.7 Å². The molecule has 3 N–H and O–H groups in total. The van der Waals surface area contributed by atoms with E-state index in [1.165, 1.54) is 11.0 Å². The number of carbonyl (C=O) groups excluding carboxylic acids is 1. The van der Waals surface area contributed by atoms with Crippen LogP contribution in [-0.2, 0) is 11.2 Å². The molecule has 10 heteroatoms. The fraction of sp³-hybridized carbons (Fsp3) is 0.278. The number of nitrogens with two attached hydrogens (primary N) is 1. The number of anilines is 1. The van der Waals surface area contributed by atoms with E-state index in [-0.39, 0.29) is 26.1 Å². The van der Waals surface area contributed by atoms with Gasteiger partial charge in [-0.2, -0.15) is 4.98 Å². The number of aromatic nitrogens is 3. The smallest absolute Gasteiger partial charge is 0.414 e. The maximum absolute atomic E-state index is 14.7. The Balaban J connectivity index is 1.57. The molecule has 1 aliphatic rings. The summed E-state index contributed by atoms with van der Waals surface area (Å²) in [7, 11) is 0. The molecular formula is C18H18FN5O4. The van der Waals surface area contributed by atoms with Crippen LogP contribution in [0.2, 0.25) is 0 Å². The summed E-state index contributed by atoms with van der Waals surface area (Å²) < 4.78 is 26.4. The summed E-state index contributed by atoms with van der Waals surface area (Å²) in [5.41, 5.74) is 6.88. The second-order valence-corrected chi connectivity index (χ2v) is 6.28. The van der Waals surface area contributed by atoms with Crippen LogP contribution in [0.25, 0.3) is 17.1 Å². The Morgan fingerprint density at radius 1 is 1.36 bits per heavy atom. The lowest BCUT2D eigenvalue weighted by Gasteiger charge is -2.14. The van der Waals surface area contributed by atoms with Gasteiger partial charge in [0, 0.05) is 24.5 Å². The number of aliphatic hydroxyl groups excluding tert-OH is 1. The first kappa shape index (κ1) is 18.1. The van der Waals surface area contributed by atoms with Crippen LogP contribution in [0.15, 0.2) is 41.2 Å². The van der Waals surface area contributed by atoms with Crippen LogP contribution in [0.5, 0.6) is 0 Å². The number of hydrogen-bond acceptors (Lipinski definition) is 7. The van der Waals surface area contributed by atoms with Crippen molar-refractivity contribution in [2.75, 3.05) is 24.6 Å². The summed E-state index contributed by atoms with van der Waals surface area (Å²) in [6.07, 6.45) is 2.67. The van der Waals surface area contributed by atoms with Crippen LogP contribution < -0.4 is 10.6 Å². The summed E-state index contributed by atoms with van der Waals surface area (Å²) >= 11 is 0. The number of nitrogens with zero attached hydrogens (tertiary/aromatic N) is 4. The second kappa shape index (κ2) is 7.41. The van der Waals surface area contributed by atoms with Gasteiger partial charge in [0.05, 0.1) is 30.9 Å². The van der Waals surface area contributed by atoms with E-state index < -0.39 is 18.0 Å². The molecule has 1 amide bonds. The number of benzene rings is 1. The Morgan fingerprint density at radius 3 is 2.93 bits per heavy atom. The molecule has 0 aliphatic carbocycles. The van der Waals surface area contributed by atoms with E-state index in [2.05, 4.69) is 10.1 Å². The Morgan fingerprint density at radius 2 is 2.21 bits per heavy atom. The van der Waals surface area contributed by atoms with E-state index in [1.807, 2.05) is 0 Å². The molecule has 0 saturated carbocycles. The van der Waals surface area contributed by atoms with Crippen LogP contribution >= 0.6 is 0 Å². The largest absolute Gasteiger partial charge is 0.443 e. The molecule has 28 heavy (non-hydrogen) atoms. The van der Waals surface area contributed by atoms with E-state index in [4.69, 9.17) is 20.1 Å². The molecule has 146 valence electrons. The Labute approximate surface area is 159 Å². The highest BCUT2D eigenvalue weighted by Crippen LogP contribution is 2.27.